The van der Waals surface area contributed by atoms with Gasteiger partial charge in [-0.3, -0.25) is 4.79 Å². The van der Waals surface area contributed by atoms with Crippen molar-refractivity contribution >= 4 is 5.91 Å². The van der Waals surface area contributed by atoms with Crippen LogP contribution in [0.1, 0.15) is 37.3 Å². The normalized spacial score (nSPS) is 14.5. The number of hydrogen-bond acceptors (Lipinski definition) is 2. The van der Waals surface area contributed by atoms with E-state index in [2.05, 4.69) is 6.92 Å². The van der Waals surface area contributed by atoms with Crippen molar-refractivity contribution in [2.75, 3.05) is 6.54 Å². The zero-order valence-corrected chi connectivity index (χ0v) is 10.3. The number of amides is 1. The van der Waals surface area contributed by atoms with Gasteiger partial charge in [-0.15, -0.1) is 0 Å². The highest BCUT2D eigenvalue weighted by Crippen LogP contribution is 2.23. The fourth-order valence-electron chi connectivity index (χ4n) is 2.24. The molecule has 2 rings (SSSR count). The molecule has 0 aliphatic carbocycles. The summed E-state index contributed by atoms with van der Waals surface area (Å²) in [5.41, 5.74) is 2.34. The Morgan fingerprint density at radius 2 is 2.24 bits per heavy atom. The average Bonchev–Trinajstić information content (AvgIpc) is 2.35. The van der Waals surface area contributed by atoms with Crippen molar-refractivity contribution in [1.29, 1.82) is 0 Å². The van der Waals surface area contributed by atoms with Crippen LogP contribution in [0.3, 0.4) is 0 Å². The molecule has 0 unspecified atom stereocenters. The predicted octanol–water partition coefficient (Wildman–Crippen LogP) is 2.47. The van der Waals surface area contributed by atoms with Crippen LogP contribution in [0.5, 0.6) is 5.75 Å². The Morgan fingerprint density at radius 3 is 3.00 bits per heavy atom. The molecule has 1 aromatic rings. The maximum absolute atomic E-state index is 11.9. The van der Waals surface area contributed by atoms with Gasteiger partial charge in [0.2, 0.25) is 5.91 Å². The molecule has 0 fully saturated rings. The minimum absolute atomic E-state index is 0.237. The van der Waals surface area contributed by atoms with Crippen LogP contribution in [0.15, 0.2) is 18.2 Å². The van der Waals surface area contributed by atoms with Crippen molar-refractivity contribution < 1.29 is 9.90 Å². The van der Waals surface area contributed by atoms with E-state index in [4.69, 9.17) is 0 Å². The molecule has 0 aromatic heterocycles. The van der Waals surface area contributed by atoms with Crippen molar-refractivity contribution in [2.45, 2.75) is 39.2 Å². The number of carbonyl (C=O) groups excluding carboxylic acids is 1. The largest absolute Gasteiger partial charge is 0.508 e. The van der Waals surface area contributed by atoms with Crippen molar-refractivity contribution in [1.82, 2.24) is 4.90 Å². The molecule has 1 aromatic carbocycles. The highest BCUT2D eigenvalue weighted by atomic mass is 16.3. The molecule has 0 saturated carbocycles. The summed E-state index contributed by atoms with van der Waals surface area (Å²) in [6.07, 6.45) is 3.55. The second-order valence-corrected chi connectivity index (χ2v) is 4.62. The first-order chi connectivity index (χ1) is 8.20. The van der Waals surface area contributed by atoms with Crippen molar-refractivity contribution in [3.63, 3.8) is 0 Å². The summed E-state index contributed by atoms with van der Waals surface area (Å²) in [5.74, 6) is 0.521. The third-order valence-electron chi connectivity index (χ3n) is 3.30. The zero-order valence-electron chi connectivity index (χ0n) is 10.3. The Hall–Kier alpha value is -1.51. The van der Waals surface area contributed by atoms with Gasteiger partial charge in [0, 0.05) is 19.5 Å². The predicted molar refractivity (Wildman–Crippen MR) is 66.8 cm³/mol. The van der Waals surface area contributed by atoms with E-state index in [0.717, 1.165) is 31.4 Å². The lowest BCUT2D eigenvalue weighted by Gasteiger charge is -2.29. The monoisotopic (exact) mass is 233 g/mol. The van der Waals surface area contributed by atoms with Gasteiger partial charge in [-0.25, -0.2) is 0 Å². The summed E-state index contributed by atoms with van der Waals surface area (Å²) in [7, 11) is 0. The minimum atomic E-state index is 0.237. The van der Waals surface area contributed by atoms with Crippen LogP contribution < -0.4 is 0 Å². The molecule has 1 aliphatic heterocycles. The Bertz CT molecular complexity index is 415. The lowest BCUT2D eigenvalue weighted by atomic mass is 9.99. The molecule has 92 valence electrons. The minimum Gasteiger partial charge on any atom is -0.508 e. The number of fused-ring (bicyclic) bond motifs is 1. The third kappa shape index (κ3) is 2.78. The first kappa shape index (κ1) is 12.0. The van der Waals surface area contributed by atoms with Crippen LogP contribution in [-0.2, 0) is 17.8 Å². The second kappa shape index (κ2) is 5.21. The molecule has 0 atom stereocenters. The maximum atomic E-state index is 11.9. The molecule has 3 heteroatoms. The number of phenols is 1. The fourth-order valence-corrected chi connectivity index (χ4v) is 2.24. The first-order valence-electron chi connectivity index (χ1n) is 6.29. The van der Waals surface area contributed by atoms with E-state index in [-0.39, 0.29) is 11.7 Å². The number of phenolic OH excluding ortho intramolecular Hbond substituents is 1. The number of benzene rings is 1. The smallest absolute Gasteiger partial charge is 0.222 e. The van der Waals surface area contributed by atoms with Crippen molar-refractivity contribution in [3.05, 3.63) is 29.3 Å². The summed E-state index contributed by atoms with van der Waals surface area (Å²) in [5, 5.41) is 9.45. The number of nitrogens with zero attached hydrogens (tertiary/aromatic N) is 1. The first-order valence-corrected chi connectivity index (χ1v) is 6.29. The molecule has 1 heterocycles. The SMILES string of the molecule is CCCCC(=O)N1CCc2ccc(O)cc2C1. The summed E-state index contributed by atoms with van der Waals surface area (Å²) in [4.78, 5) is 13.8. The fraction of sp³-hybridized carbons (Fsp3) is 0.500. The standard InChI is InChI=1S/C14H19NO2/c1-2-3-4-14(17)15-8-7-11-5-6-13(16)9-12(11)10-15/h5-6,9,16H,2-4,7-8,10H2,1H3. The number of rotatable bonds is 3. The Balaban J connectivity index is 2.04. The molecule has 1 N–H and O–H groups in total. The molecule has 17 heavy (non-hydrogen) atoms. The van der Waals surface area contributed by atoms with E-state index in [1.807, 2.05) is 11.0 Å². The van der Waals surface area contributed by atoms with Gasteiger partial charge in [0.1, 0.15) is 5.75 Å². The second-order valence-electron chi connectivity index (χ2n) is 4.62. The van der Waals surface area contributed by atoms with Gasteiger partial charge in [-0.05, 0) is 36.1 Å². The highest BCUT2D eigenvalue weighted by molar-refractivity contribution is 5.76. The zero-order chi connectivity index (χ0) is 12.3. The van der Waals surface area contributed by atoms with Gasteiger partial charge in [-0.2, -0.15) is 0 Å². The van der Waals surface area contributed by atoms with Crippen LogP contribution >= 0.6 is 0 Å². The van der Waals surface area contributed by atoms with E-state index in [9.17, 15) is 9.90 Å². The molecule has 0 bridgehead atoms. The summed E-state index contributed by atoms with van der Waals surface area (Å²) < 4.78 is 0. The van der Waals surface area contributed by atoms with Gasteiger partial charge < -0.3 is 10.0 Å². The van der Waals surface area contributed by atoms with Gasteiger partial charge >= 0.3 is 0 Å². The quantitative estimate of drug-likeness (QED) is 0.871. The van der Waals surface area contributed by atoms with Gasteiger partial charge in [0.05, 0.1) is 0 Å². The number of hydrogen-bond donors (Lipinski definition) is 1. The van der Waals surface area contributed by atoms with E-state index in [1.54, 1.807) is 12.1 Å². The van der Waals surface area contributed by atoms with Crippen LogP contribution in [-0.4, -0.2) is 22.5 Å². The van der Waals surface area contributed by atoms with Crippen LogP contribution in [0.2, 0.25) is 0 Å². The van der Waals surface area contributed by atoms with Gasteiger partial charge in [0.25, 0.3) is 0 Å². The molecule has 0 spiro atoms. The Kier molecular flexibility index (Phi) is 3.67. The molecular weight excluding hydrogens is 214 g/mol. The third-order valence-corrected chi connectivity index (χ3v) is 3.30. The van der Waals surface area contributed by atoms with Gasteiger partial charge in [-0.1, -0.05) is 19.4 Å². The summed E-state index contributed by atoms with van der Waals surface area (Å²) >= 11 is 0. The maximum Gasteiger partial charge on any atom is 0.222 e. The summed E-state index contributed by atoms with van der Waals surface area (Å²) in [6.45, 7) is 3.55. The van der Waals surface area contributed by atoms with E-state index < -0.39 is 0 Å². The van der Waals surface area contributed by atoms with Crippen molar-refractivity contribution in [2.24, 2.45) is 0 Å². The number of aromatic hydroxyl groups is 1. The molecule has 0 radical (unpaired) electrons. The van der Waals surface area contributed by atoms with Gasteiger partial charge in [0.15, 0.2) is 0 Å². The highest BCUT2D eigenvalue weighted by Gasteiger charge is 2.20. The molecular formula is C14H19NO2. The number of unbranched alkanes of at least 4 members (excludes halogenated alkanes) is 1. The molecule has 0 saturated heterocycles. The number of carbonyl (C=O) groups is 1. The van der Waals surface area contributed by atoms with E-state index >= 15 is 0 Å². The van der Waals surface area contributed by atoms with Crippen molar-refractivity contribution in [3.8, 4) is 5.75 Å². The molecule has 1 amide bonds. The van der Waals surface area contributed by atoms with E-state index in [1.165, 1.54) is 5.56 Å². The van der Waals surface area contributed by atoms with Crippen LogP contribution in [0.4, 0.5) is 0 Å². The van der Waals surface area contributed by atoms with Crippen LogP contribution in [0, 0.1) is 0 Å². The summed E-state index contributed by atoms with van der Waals surface area (Å²) in [6, 6.07) is 5.44. The lowest BCUT2D eigenvalue weighted by Crippen LogP contribution is -2.35. The van der Waals surface area contributed by atoms with Crippen LogP contribution in [0.25, 0.3) is 0 Å². The molecule has 3 nitrogen and oxygen atoms in total. The molecule has 1 aliphatic rings. The topological polar surface area (TPSA) is 40.5 Å². The lowest BCUT2D eigenvalue weighted by molar-refractivity contribution is -0.132. The average molecular weight is 233 g/mol. The Labute approximate surface area is 102 Å². The van der Waals surface area contributed by atoms with E-state index in [0.29, 0.717) is 13.0 Å². The Morgan fingerprint density at radius 1 is 1.41 bits per heavy atom.